The third kappa shape index (κ3) is 3.18. The number of ether oxygens (including phenoxy) is 1. The first kappa shape index (κ1) is 12.9. The average molecular weight is 224 g/mol. The number of nitrogens with zero attached hydrogens (tertiary/aromatic N) is 1. The van der Waals surface area contributed by atoms with Crippen LogP contribution in [0.5, 0.6) is 0 Å². The van der Waals surface area contributed by atoms with E-state index in [0.717, 1.165) is 6.42 Å². The van der Waals surface area contributed by atoms with Crippen LogP contribution in [-0.4, -0.2) is 17.3 Å². The summed E-state index contributed by atoms with van der Waals surface area (Å²) in [6.45, 7) is 4.94. The van der Waals surface area contributed by atoms with Gasteiger partial charge in [-0.3, -0.25) is 4.79 Å². The Morgan fingerprint density at radius 3 is 2.75 bits per heavy atom. The van der Waals surface area contributed by atoms with Crippen LogP contribution in [-0.2, 0) is 17.8 Å². The van der Waals surface area contributed by atoms with Crippen molar-refractivity contribution in [1.82, 2.24) is 4.57 Å². The first-order chi connectivity index (χ1) is 7.50. The quantitative estimate of drug-likeness (QED) is 0.815. The highest BCUT2D eigenvalue weighted by Gasteiger charge is 2.16. The van der Waals surface area contributed by atoms with E-state index in [1.165, 1.54) is 0 Å². The summed E-state index contributed by atoms with van der Waals surface area (Å²) < 4.78 is 7.00. The molecule has 0 aliphatic rings. The number of nitrogens with two attached hydrogens (primary N) is 1. The molecule has 0 unspecified atom stereocenters. The Labute approximate surface area is 96.0 Å². The van der Waals surface area contributed by atoms with Crippen LogP contribution in [0.1, 0.15) is 25.8 Å². The van der Waals surface area contributed by atoms with Crippen LogP contribution < -0.4 is 11.3 Å². The standard InChI is InChI=1S/C12H20N2O2/c1-12(2,16-3)6-8-14-7-4-5-10(9-13)11(14)15/h4-5,7H,6,8-9,13H2,1-3H3. The summed E-state index contributed by atoms with van der Waals surface area (Å²) in [5.74, 6) is 0. The zero-order valence-corrected chi connectivity index (χ0v) is 10.2. The van der Waals surface area contributed by atoms with E-state index in [4.69, 9.17) is 10.5 Å². The maximum absolute atomic E-state index is 11.8. The lowest BCUT2D eigenvalue weighted by molar-refractivity contribution is 0.0118. The molecule has 1 rings (SSSR count). The summed E-state index contributed by atoms with van der Waals surface area (Å²) in [5, 5.41) is 0. The predicted octanol–water partition coefficient (Wildman–Crippen LogP) is 1.12. The van der Waals surface area contributed by atoms with Crippen molar-refractivity contribution in [1.29, 1.82) is 0 Å². The first-order valence-corrected chi connectivity index (χ1v) is 5.44. The molecule has 0 fully saturated rings. The molecule has 0 radical (unpaired) electrons. The summed E-state index contributed by atoms with van der Waals surface area (Å²) in [6.07, 6.45) is 2.57. The fourth-order valence-corrected chi connectivity index (χ4v) is 1.41. The van der Waals surface area contributed by atoms with Gasteiger partial charge in [0.15, 0.2) is 0 Å². The van der Waals surface area contributed by atoms with Crippen molar-refractivity contribution in [3.63, 3.8) is 0 Å². The molecule has 0 aliphatic heterocycles. The molecule has 1 heterocycles. The van der Waals surface area contributed by atoms with Gasteiger partial charge in [-0.2, -0.15) is 0 Å². The monoisotopic (exact) mass is 224 g/mol. The summed E-state index contributed by atoms with van der Waals surface area (Å²) in [6, 6.07) is 3.61. The van der Waals surface area contributed by atoms with Gasteiger partial charge in [-0.05, 0) is 26.3 Å². The molecule has 1 aromatic rings. The lowest BCUT2D eigenvalue weighted by Gasteiger charge is -2.23. The third-order valence-electron chi connectivity index (χ3n) is 2.83. The molecule has 90 valence electrons. The second-order valence-electron chi connectivity index (χ2n) is 4.45. The topological polar surface area (TPSA) is 57.2 Å². The fourth-order valence-electron chi connectivity index (χ4n) is 1.41. The summed E-state index contributed by atoms with van der Waals surface area (Å²) in [7, 11) is 1.68. The highest BCUT2D eigenvalue weighted by molar-refractivity contribution is 5.09. The van der Waals surface area contributed by atoms with Crippen LogP contribution in [0.4, 0.5) is 0 Å². The lowest BCUT2D eigenvalue weighted by Crippen LogP contribution is -2.30. The van der Waals surface area contributed by atoms with Crippen LogP contribution in [0.15, 0.2) is 23.1 Å². The minimum absolute atomic E-state index is 0.00287. The molecule has 2 N–H and O–H groups in total. The highest BCUT2D eigenvalue weighted by Crippen LogP contribution is 2.13. The van der Waals surface area contributed by atoms with Gasteiger partial charge in [0.05, 0.1) is 5.60 Å². The Morgan fingerprint density at radius 1 is 1.50 bits per heavy atom. The number of hydrogen-bond donors (Lipinski definition) is 1. The van der Waals surface area contributed by atoms with Crippen LogP contribution in [0.3, 0.4) is 0 Å². The van der Waals surface area contributed by atoms with E-state index in [1.54, 1.807) is 23.9 Å². The molecule has 0 aliphatic carbocycles. The normalized spacial score (nSPS) is 11.8. The number of aromatic nitrogens is 1. The molecule has 16 heavy (non-hydrogen) atoms. The van der Waals surface area contributed by atoms with Gasteiger partial charge in [-0.1, -0.05) is 6.07 Å². The van der Waals surface area contributed by atoms with Gasteiger partial charge in [0, 0.05) is 32.0 Å². The Bertz CT molecular complexity index is 396. The van der Waals surface area contributed by atoms with Gasteiger partial charge < -0.3 is 15.0 Å². The van der Waals surface area contributed by atoms with Gasteiger partial charge in [-0.25, -0.2) is 0 Å². The van der Waals surface area contributed by atoms with Crippen molar-refractivity contribution < 1.29 is 4.74 Å². The SMILES string of the molecule is COC(C)(C)CCn1cccc(CN)c1=O. The van der Waals surface area contributed by atoms with Gasteiger partial charge in [0.25, 0.3) is 5.56 Å². The third-order valence-corrected chi connectivity index (χ3v) is 2.83. The zero-order chi connectivity index (χ0) is 12.2. The number of methoxy groups -OCH3 is 1. The number of aryl methyl sites for hydroxylation is 1. The van der Waals surface area contributed by atoms with E-state index < -0.39 is 0 Å². The molecular weight excluding hydrogens is 204 g/mol. The van der Waals surface area contributed by atoms with Crippen molar-refractivity contribution >= 4 is 0 Å². The van der Waals surface area contributed by atoms with E-state index in [-0.39, 0.29) is 17.7 Å². The van der Waals surface area contributed by atoms with Crippen molar-refractivity contribution in [3.8, 4) is 0 Å². The largest absolute Gasteiger partial charge is 0.379 e. The van der Waals surface area contributed by atoms with Gasteiger partial charge in [0.2, 0.25) is 0 Å². The second-order valence-corrected chi connectivity index (χ2v) is 4.45. The summed E-state index contributed by atoms with van der Waals surface area (Å²) in [5.41, 5.74) is 5.93. The Kier molecular flexibility index (Phi) is 4.26. The van der Waals surface area contributed by atoms with E-state index in [9.17, 15) is 4.79 Å². The molecule has 0 atom stereocenters. The van der Waals surface area contributed by atoms with E-state index in [2.05, 4.69) is 0 Å². The van der Waals surface area contributed by atoms with Crippen LogP contribution >= 0.6 is 0 Å². The molecule has 0 amide bonds. The molecule has 4 heteroatoms. The van der Waals surface area contributed by atoms with Gasteiger partial charge >= 0.3 is 0 Å². The Hall–Kier alpha value is -1.13. The highest BCUT2D eigenvalue weighted by atomic mass is 16.5. The van der Waals surface area contributed by atoms with E-state index in [0.29, 0.717) is 12.1 Å². The van der Waals surface area contributed by atoms with E-state index in [1.807, 2.05) is 19.9 Å². The molecule has 0 aromatic carbocycles. The average Bonchev–Trinajstić information content (AvgIpc) is 2.28. The number of rotatable bonds is 5. The summed E-state index contributed by atoms with van der Waals surface area (Å²) in [4.78, 5) is 11.8. The van der Waals surface area contributed by atoms with Gasteiger partial charge in [-0.15, -0.1) is 0 Å². The first-order valence-electron chi connectivity index (χ1n) is 5.44. The minimum Gasteiger partial charge on any atom is -0.379 e. The van der Waals surface area contributed by atoms with E-state index >= 15 is 0 Å². The van der Waals surface area contributed by atoms with Crippen LogP contribution in [0.25, 0.3) is 0 Å². The minimum atomic E-state index is -0.210. The van der Waals surface area contributed by atoms with Crippen molar-refractivity contribution in [2.75, 3.05) is 7.11 Å². The molecular formula is C12H20N2O2. The maximum atomic E-state index is 11.8. The fraction of sp³-hybridized carbons (Fsp3) is 0.583. The molecule has 0 bridgehead atoms. The number of hydrogen-bond acceptors (Lipinski definition) is 3. The van der Waals surface area contributed by atoms with Crippen molar-refractivity contribution in [2.45, 2.75) is 39.0 Å². The van der Waals surface area contributed by atoms with Crippen LogP contribution in [0.2, 0.25) is 0 Å². The number of pyridine rings is 1. The van der Waals surface area contributed by atoms with Crippen LogP contribution in [0, 0.1) is 0 Å². The van der Waals surface area contributed by atoms with Crippen molar-refractivity contribution in [3.05, 3.63) is 34.2 Å². The van der Waals surface area contributed by atoms with Gasteiger partial charge in [0.1, 0.15) is 0 Å². The van der Waals surface area contributed by atoms with Crippen molar-refractivity contribution in [2.24, 2.45) is 5.73 Å². The maximum Gasteiger partial charge on any atom is 0.255 e. The molecule has 0 saturated carbocycles. The molecule has 1 aromatic heterocycles. The molecule has 4 nitrogen and oxygen atoms in total. The summed E-state index contributed by atoms with van der Waals surface area (Å²) >= 11 is 0. The second kappa shape index (κ2) is 5.27. The lowest BCUT2D eigenvalue weighted by atomic mass is 10.1. The smallest absolute Gasteiger partial charge is 0.255 e. The Morgan fingerprint density at radius 2 is 2.19 bits per heavy atom. The molecule has 0 saturated heterocycles. The predicted molar refractivity (Wildman–Crippen MR) is 64.3 cm³/mol. The Balaban J connectivity index is 2.79. The zero-order valence-electron chi connectivity index (χ0n) is 10.2. The molecule has 0 spiro atoms.